The predicted molar refractivity (Wildman–Crippen MR) is 99.7 cm³/mol. The summed E-state index contributed by atoms with van der Waals surface area (Å²) in [7, 11) is 0. The fourth-order valence-corrected chi connectivity index (χ4v) is 2.88. The second-order valence-corrected chi connectivity index (χ2v) is 6.31. The topological polar surface area (TPSA) is 34.9 Å². The Kier molecular flexibility index (Phi) is 4.56. The molecule has 3 nitrogen and oxygen atoms in total. The van der Waals surface area contributed by atoms with Crippen LogP contribution in [-0.4, -0.2) is 9.55 Å². The molecule has 0 unspecified atom stereocenters. The minimum atomic E-state index is -0.272. The van der Waals surface area contributed by atoms with Gasteiger partial charge in [0.05, 0.1) is 10.9 Å². The Morgan fingerprint density at radius 2 is 1.91 bits per heavy atom. The van der Waals surface area contributed by atoms with E-state index in [0.717, 1.165) is 9.13 Å². The van der Waals surface area contributed by atoms with Crippen molar-refractivity contribution >= 4 is 45.6 Å². The lowest BCUT2D eigenvalue weighted by atomic mass is 10.2. The van der Waals surface area contributed by atoms with Gasteiger partial charge in [0.1, 0.15) is 11.6 Å². The minimum absolute atomic E-state index is 0.0465. The van der Waals surface area contributed by atoms with Gasteiger partial charge in [-0.3, -0.25) is 9.36 Å². The number of rotatable bonds is 3. The molecule has 0 aliphatic rings. The highest BCUT2D eigenvalue weighted by molar-refractivity contribution is 14.1. The maximum atomic E-state index is 12.9. The van der Waals surface area contributed by atoms with Crippen molar-refractivity contribution in [1.29, 1.82) is 0 Å². The number of benzene rings is 2. The minimum Gasteiger partial charge on any atom is -0.293 e. The van der Waals surface area contributed by atoms with E-state index in [1.807, 2.05) is 31.2 Å². The lowest BCUT2D eigenvalue weighted by Gasteiger charge is -2.09. The van der Waals surface area contributed by atoms with Crippen LogP contribution in [0.4, 0.5) is 4.39 Å². The molecule has 0 aliphatic carbocycles. The van der Waals surface area contributed by atoms with Gasteiger partial charge in [-0.1, -0.05) is 18.2 Å². The molecular formula is C18H14FIN2O. The first-order chi connectivity index (χ1) is 11.1. The van der Waals surface area contributed by atoms with Gasteiger partial charge in [-0.15, -0.1) is 0 Å². The van der Waals surface area contributed by atoms with E-state index in [1.165, 1.54) is 12.1 Å². The fourth-order valence-electron chi connectivity index (χ4n) is 2.39. The average molecular weight is 420 g/mol. The van der Waals surface area contributed by atoms with Crippen LogP contribution in [0, 0.1) is 9.39 Å². The van der Waals surface area contributed by atoms with Crippen molar-refractivity contribution in [3.63, 3.8) is 0 Å². The second-order valence-electron chi connectivity index (χ2n) is 5.07. The van der Waals surface area contributed by atoms with Gasteiger partial charge >= 0.3 is 0 Å². The van der Waals surface area contributed by atoms with Crippen LogP contribution < -0.4 is 5.56 Å². The molecule has 1 heterocycles. The van der Waals surface area contributed by atoms with Gasteiger partial charge in [0.15, 0.2) is 0 Å². The van der Waals surface area contributed by atoms with Crippen LogP contribution in [0.3, 0.4) is 0 Å². The van der Waals surface area contributed by atoms with Gasteiger partial charge in [-0.25, -0.2) is 9.37 Å². The van der Waals surface area contributed by atoms with Crippen molar-refractivity contribution in [2.75, 3.05) is 0 Å². The Morgan fingerprint density at radius 1 is 1.17 bits per heavy atom. The number of fused-ring (bicyclic) bond motifs is 1. The zero-order valence-electron chi connectivity index (χ0n) is 12.5. The normalized spacial score (nSPS) is 11.4. The zero-order valence-corrected chi connectivity index (χ0v) is 14.6. The number of nitrogens with zero attached hydrogens (tertiary/aromatic N) is 2. The molecule has 5 heteroatoms. The number of aromatic nitrogens is 2. The summed E-state index contributed by atoms with van der Waals surface area (Å²) in [6, 6.07) is 11.8. The Bertz CT molecular complexity index is 946. The summed E-state index contributed by atoms with van der Waals surface area (Å²) in [6.07, 6.45) is 3.61. The Balaban J connectivity index is 2.11. The zero-order chi connectivity index (χ0) is 16.4. The second kappa shape index (κ2) is 6.62. The van der Waals surface area contributed by atoms with Crippen molar-refractivity contribution in [2.45, 2.75) is 13.5 Å². The molecule has 0 spiro atoms. The van der Waals surface area contributed by atoms with Crippen LogP contribution in [0.15, 0.2) is 47.3 Å². The van der Waals surface area contributed by atoms with Gasteiger partial charge in [-0.2, -0.15) is 0 Å². The van der Waals surface area contributed by atoms with Crippen molar-refractivity contribution in [3.8, 4) is 0 Å². The van der Waals surface area contributed by atoms with Crippen molar-refractivity contribution in [2.24, 2.45) is 0 Å². The third-order valence-corrected chi connectivity index (χ3v) is 4.23. The van der Waals surface area contributed by atoms with E-state index in [-0.39, 0.29) is 11.4 Å². The molecule has 0 atom stereocenters. The lowest BCUT2D eigenvalue weighted by Crippen LogP contribution is -2.23. The van der Waals surface area contributed by atoms with E-state index >= 15 is 0 Å². The first kappa shape index (κ1) is 15.9. The van der Waals surface area contributed by atoms with Crippen molar-refractivity contribution in [3.05, 3.63) is 73.6 Å². The largest absolute Gasteiger partial charge is 0.293 e. The van der Waals surface area contributed by atoms with Crippen LogP contribution in [0.1, 0.15) is 18.3 Å². The first-order valence-electron chi connectivity index (χ1n) is 7.22. The summed E-state index contributed by atoms with van der Waals surface area (Å²) in [6.45, 7) is 2.45. The van der Waals surface area contributed by atoms with Crippen molar-refractivity contribution < 1.29 is 4.39 Å². The molecule has 0 amide bonds. The average Bonchev–Trinajstić information content (AvgIpc) is 2.55. The molecule has 116 valence electrons. The van der Waals surface area contributed by atoms with Crippen LogP contribution in [0.25, 0.3) is 23.1 Å². The summed E-state index contributed by atoms with van der Waals surface area (Å²) < 4.78 is 15.6. The summed E-state index contributed by atoms with van der Waals surface area (Å²) >= 11 is 2.18. The monoisotopic (exact) mass is 420 g/mol. The van der Waals surface area contributed by atoms with Crippen LogP contribution in [0.2, 0.25) is 0 Å². The Labute approximate surface area is 146 Å². The molecule has 0 aliphatic heterocycles. The van der Waals surface area contributed by atoms with E-state index in [0.29, 0.717) is 23.3 Å². The Morgan fingerprint density at radius 3 is 2.61 bits per heavy atom. The smallest absolute Gasteiger partial charge is 0.261 e. The number of hydrogen-bond acceptors (Lipinski definition) is 2. The quantitative estimate of drug-likeness (QED) is 0.592. The van der Waals surface area contributed by atoms with E-state index in [4.69, 9.17) is 0 Å². The standard InChI is InChI=1S/C18H14FIN2O/c1-2-22-17(10-5-12-3-6-13(19)7-4-12)21-16-9-8-14(20)11-15(16)18(22)23/h3-11H,2H2,1H3. The predicted octanol–water partition coefficient (Wildman–Crippen LogP) is 4.33. The van der Waals surface area contributed by atoms with Crippen molar-refractivity contribution in [1.82, 2.24) is 9.55 Å². The maximum Gasteiger partial charge on any atom is 0.261 e. The summed E-state index contributed by atoms with van der Waals surface area (Å²) in [4.78, 5) is 17.2. The molecule has 0 N–H and O–H groups in total. The fraction of sp³-hybridized carbons (Fsp3) is 0.111. The summed E-state index contributed by atoms with van der Waals surface area (Å²) in [5.74, 6) is 0.321. The molecule has 3 aromatic rings. The molecule has 0 saturated heterocycles. The van der Waals surface area contributed by atoms with Gasteiger partial charge in [0.25, 0.3) is 5.56 Å². The number of halogens is 2. The summed E-state index contributed by atoms with van der Waals surface area (Å²) in [5, 5.41) is 0.623. The molecule has 0 saturated carbocycles. The molecule has 0 fully saturated rings. The van der Waals surface area contributed by atoms with Gasteiger partial charge < -0.3 is 0 Å². The third-order valence-electron chi connectivity index (χ3n) is 3.56. The van der Waals surface area contributed by atoms with Gasteiger partial charge in [-0.05, 0) is 71.5 Å². The van der Waals surface area contributed by atoms with Crippen LogP contribution >= 0.6 is 22.6 Å². The van der Waals surface area contributed by atoms with E-state index in [1.54, 1.807) is 22.8 Å². The SMILES string of the molecule is CCn1c(C=Cc2ccc(F)cc2)nc2ccc(I)cc2c1=O. The molecule has 1 aromatic heterocycles. The third kappa shape index (κ3) is 3.34. The molecule has 0 bridgehead atoms. The van der Waals surface area contributed by atoms with Crippen LogP contribution in [0.5, 0.6) is 0 Å². The molecule has 0 radical (unpaired) electrons. The summed E-state index contributed by atoms with van der Waals surface area (Å²) in [5.41, 5.74) is 1.49. The van der Waals surface area contributed by atoms with E-state index in [9.17, 15) is 9.18 Å². The number of hydrogen-bond donors (Lipinski definition) is 0. The highest BCUT2D eigenvalue weighted by Crippen LogP contribution is 2.15. The molecule has 2 aromatic carbocycles. The molecule has 3 rings (SSSR count). The molecule has 23 heavy (non-hydrogen) atoms. The van der Waals surface area contributed by atoms with Gasteiger partial charge in [0, 0.05) is 10.1 Å². The highest BCUT2D eigenvalue weighted by Gasteiger charge is 2.08. The molecular weight excluding hydrogens is 406 g/mol. The Hall–Kier alpha value is -2.02. The first-order valence-corrected chi connectivity index (χ1v) is 8.30. The maximum absolute atomic E-state index is 12.9. The lowest BCUT2D eigenvalue weighted by molar-refractivity contribution is 0.628. The van der Waals surface area contributed by atoms with E-state index < -0.39 is 0 Å². The van der Waals surface area contributed by atoms with Gasteiger partial charge in [0.2, 0.25) is 0 Å². The van der Waals surface area contributed by atoms with Crippen LogP contribution in [-0.2, 0) is 6.54 Å². The van der Waals surface area contributed by atoms with E-state index in [2.05, 4.69) is 27.6 Å². The highest BCUT2D eigenvalue weighted by atomic mass is 127.